The number of carbonyl (C=O) groups excluding carboxylic acids is 2. The molecule has 0 aliphatic carbocycles. The summed E-state index contributed by atoms with van der Waals surface area (Å²) in [4.78, 5) is 29.6. The Morgan fingerprint density at radius 2 is 1.66 bits per heavy atom. The van der Waals surface area contributed by atoms with Crippen LogP contribution in [0.15, 0.2) is 22.7 Å². The first-order valence-electron chi connectivity index (χ1n) is 11.8. The second-order valence-electron chi connectivity index (χ2n) is 9.13. The van der Waals surface area contributed by atoms with Crippen molar-refractivity contribution in [2.24, 2.45) is 5.92 Å². The summed E-state index contributed by atoms with van der Waals surface area (Å²) in [7, 11) is 0. The Morgan fingerprint density at radius 3 is 2.28 bits per heavy atom. The number of aromatic nitrogens is 2. The van der Waals surface area contributed by atoms with Crippen LogP contribution >= 0.6 is 0 Å². The predicted molar refractivity (Wildman–Crippen MR) is 123 cm³/mol. The van der Waals surface area contributed by atoms with Crippen LogP contribution in [0.4, 0.5) is 0 Å². The average Bonchev–Trinajstić information content (AvgIpc) is 3.20. The van der Waals surface area contributed by atoms with Gasteiger partial charge in [-0.15, -0.1) is 0 Å². The maximum Gasteiger partial charge on any atom is 0.246 e. The Bertz CT molecular complexity index is 987. The summed E-state index contributed by atoms with van der Waals surface area (Å²) in [5, 5.41) is 4.11. The molecule has 0 bridgehead atoms. The van der Waals surface area contributed by atoms with Crippen molar-refractivity contribution in [1.82, 2.24) is 19.5 Å². The highest BCUT2D eigenvalue weighted by atomic mass is 16.5. The number of likely N-dealkylation sites (tertiary alicyclic amines) is 2. The fourth-order valence-electron chi connectivity index (χ4n) is 4.93. The molecule has 2 saturated heterocycles. The van der Waals surface area contributed by atoms with Gasteiger partial charge in [0.25, 0.3) is 0 Å². The molecular formula is C25H34N4O3. The second kappa shape index (κ2) is 9.76. The van der Waals surface area contributed by atoms with E-state index in [0.29, 0.717) is 19.0 Å². The topological polar surface area (TPSA) is 71.6 Å². The van der Waals surface area contributed by atoms with Crippen LogP contribution in [-0.2, 0) is 9.59 Å². The van der Waals surface area contributed by atoms with Gasteiger partial charge in [0.15, 0.2) is 5.82 Å². The van der Waals surface area contributed by atoms with Crippen molar-refractivity contribution in [2.45, 2.75) is 59.3 Å². The molecule has 0 unspecified atom stereocenters. The fraction of sp³-hybridized carbons (Fsp3) is 0.560. The number of aryl methyl sites for hydroxylation is 2. The molecular weight excluding hydrogens is 404 g/mol. The van der Waals surface area contributed by atoms with Crippen molar-refractivity contribution in [3.05, 3.63) is 40.9 Å². The van der Waals surface area contributed by atoms with E-state index in [9.17, 15) is 9.59 Å². The summed E-state index contributed by atoms with van der Waals surface area (Å²) in [6.07, 6.45) is 9.73. The minimum absolute atomic E-state index is 0.00718. The standard InChI is InChI=1S/C25H34N4O3/c1-18-16-22(20(3)29(18)23-17-19(2)32-26-23)8-9-24(30)27-14-10-21(11-15-27)25(31)28-12-6-4-5-7-13-28/h8-9,16-17,21H,4-7,10-15H2,1-3H3. The number of hydrogen-bond donors (Lipinski definition) is 0. The highest BCUT2D eigenvalue weighted by molar-refractivity contribution is 5.92. The van der Waals surface area contributed by atoms with E-state index < -0.39 is 0 Å². The number of rotatable bonds is 4. The summed E-state index contributed by atoms with van der Waals surface area (Å²) < 4.78 is 7.24. The molecule has 2 fully saturated rings. The molecule has 2 aliphatic rings. The predicted octanol–water partition coefficient (Wildman–Crippen LogP) is 4.04. The van der Waals surface area contributed by atoms with Gasteiger partial charge in [-0.05, 0) is 64.2 Å². The molecule has 0 N–H and O–H groups in total. The van der Waals surface area contributed by atoms with Gasteiger partial charge in [-0.25, -0.2) is 0 Å². The lowest BCUT2D eigenvalue weighted by atomic mass is 9.95. The Hall–Kier alpha value is -2.83. The molecule has 0 saturated carbocycles. The first kappa shape index (κ1) is 22.4. The van der Waals surface area contributed by atoms with Crippen LogP contribution in [0.25, 0.3) is 11.9 Å². The molecule has 7 nitrogen and oxygen atoms in total. The molecule has 0 atom stereocenters. The van der Waals surface area contributed by atoms with Gasteiger partial charge in [0.1, 0.15) is 5.76 Å². The molecule has 2 amide bonds. The average molecular weight is 439 g/mol. The summed E-state index contributed by atoms with van der Waals surface area (Å²) in [6, 6.07) is 3.95. The van der Waals surface area contributed by atoms with Crippen molar-refractivity contribution in [3.8, 4) is 5.82 Å². The van der Waals surface area contributed by atoms with E-state index in [1.807, 2.05) is 42.4 Å². The number of nitrogens with zero attached hydrogens (tertiary/aromatic N) is 4. The van der Waals surface area contributed by atoms with E-state index in [4.69, 9.17) is 4.52 Å². The molecule has 2 aromatic heterocycles. The van der Waals surface area contributed by atoms with Crippen molar-refractivity contribution < 1.29 is 14.1 Å². The number of hydrogen-bond acceptors (Lipinski definition) is 4. The quantitative estimate of drug-likeness (QED) is 0.676. The van der Waals surface area contributed by atoms with Crippen molar-refractivity contribution >= 4 is 17.9 Å². The Labute approximate surface area is 190 Å². The van der Waals surface area contributed by atoms with Crippen LogP contribution in [0.1, 0.15) is 61.2 Å². The zero-order valence-corrected chi connectivity index (χ0v) is 19.5. The van der Waals surface area contributed by atoms with Crippen molar-refractivity contribution in [3.63, 3.8) is 0 Å². The third-order valence-electron chi connectivity index (χ3n) is 6.79. The third kappa shape index (κ3) is 4.81. The first-order chi connectivity index (χ1) is 15.4. The molecule has 0 spiro atoms. The van der Waals surface area contributed by atoms with Gasteiger partial charge in [-0.3, -0.25) is 14.2 Å². The monoisotopic (exact) mass is 438 g/mol. The Morgan fingerprint density at radius 1 is 0.969 bits per heavy atom. The maximum absolute atomic E-state index is 12.9. The third-order valence-corrected chi connectivity index (χ3v) is 6.79. The van der Waals surface area contributed by atoms with Gasteiger partial charge in [0, 0.05) is 55.6 Å². The highest BCUT2D eigenvalue weighted by Crippen LogP contribution is 2.24. The zero-order chi connectivity index (χ0) is 22.7. The molecule has 4 rings (SSSR count). The van der Waals surface area contributed by atoms with E-state index in [-0.39, 0.29) is 11.8 Å². The van der Waals surface area contributed by atoms with Gasteiger partial charge < -0.3 is 14.3 Å². The SMILES string of the molecule is Cc1cc(-n2c(C)cc(C=CC(=O)N3CCC(C(=O)N4CCCCCC4)CC3)c2C)no1. The largest absolute Gasteiger partial charge is 0.360 e. The van der Waals surface area contributed by atoms with Gasteiger partial charge >= 0.3 is 0 Å². The molecule has 2 aromatic rings. The zero-order valence-electron chi connectivity index (χ0n) is 19.5. The molecule has 0 radical (unpaired) electrons. The smallest absolute Gasteiger partial charge is 0.246 e. The van der Waals surface area contributed by atoms with Crippen molar-refractivity contribution in [1.29, 1.82) is 0 Å². The number of piperidine rings is 1. The second-order valence-corrected chi connectivity index (χ2v) is 9.13. The summed E-state index contributed by atoms with van der Waals surface area (Å²) >= 11 is 0. The summed E-state index contributed by atoms with van der Waals surface area (Å²) in [5.74, 6) is 1.88. The van der Waals surface area contributed by atoms with Gasteiger partial charge in [-0.2, -0.15) is 0 Å². The number of amides is 2. The van der Waals surface area contributed by atoms with Crippen LogP contribution in [0.2, 0.25) is 0 Å². The van der Waals surface area contributed by atoms with E-state index >= 15 is 0 Å². The Balaban J connectivity index is 1.35. The van der Waals surface area contributed by atoms with Crippen LogP contribution < -0.4 is 0 Å². The van der Waals surface area contributed by atoms with Crippen molar-refractivity contribution in [2.75, 3.05) is 26.2 Å². The molecule has 2 aliphatic heterocycles. The van der Waals surface area contributed by atoms with Crippen LogP contribution in [0, 0.1) is 26.7 Å². The van der Waals surface area contributed by atoms with Gasteiger partial charge in [-0.1, -0.05) is 18.0 Å². The molecule has 32 heavy (non-hydrogen) atoms. The number of carbonyl (C=O) groups is 2. The lowest BCUT2D eigenvalue weighted by molar-refractivity contribution is -0.139. The summed E-state index contributed by atoms with van der Waals surface area (Å²) in [6.45, 7) is 8.98. The van der Waals surface area contributed by atoms with Crippen LogP contribution in [0.5, 0.6) is 0 Å². The minimum atomic E-state index is 0.00718. The van der Waals surface area contributed by atoms with Gasteiger partial charge in [0.05, 0.1) is 0 Å². The van der Waals surface area contributed by atoms with Crippen LogP contribution in [-0.4, -0.2) is 57.5 Å². The van der Waals surface area contributed by atoms with Crippen LogP contribution in [0.3, 0.4) is 0 Å². The minimum Gasteiger partial charge on any atom is -0.360 e. The van der Waals surface area contributed by atoms with E-state index in [0.717, 1.165) is 67.3 Å². The van der Waals surface area contributed by atoms with E-state index in [2.05, 4.69) is 16.1 Å². The fourth-order valence-corrected chi connectivity index (χ4v) is 4.93. The highest BCUT2D eigenvalue weighted by Gasteiger charge is 2.30. The van der Waals surface area contributed by atoms with Gasteiger partial charge in [0.2, 0.25) is 11.8 Å². The Kier molecular flexibility index (Phi) is 6.82. The lowest BCUT2D eigenvalue weighted by Gasteiger charge is -2.33. The molecule has 4 heterocycles. The summed E-state index contributed by atoms with van der Waals surface area (Å²) in [5.41, 5.74) is 3.04. The normalized spacial score (nSPS) is 18.3. The molecule has 0 aromatic carbocycles. The molecule has 172 valence electrons. The van der Waals surface area contributed by atoms with E-state index in [1.54, 1.807) is 6.08 Å². The van der Waals surface area contributed by atoms with E-state index in [1.165, 1.54) is 12.8 Å². The lowest BCUT2D eigenvalue weighted by Crippen LogP contribution is -2.44. The molecule has 7 heteroatoms. The maximum atomic E-state index is 12.9. The first-order valence-corrected chi connectivity index (χ1v) is 11.8.